The van der Waals surface area contributed by atoms with Crippen LogP contribution in [0.25, 0.3) is 0 Å². The first kappa shape index (κ1) is 18.0. The Balaban J connectivity index is 2.80. The zero-order valence-corrected chi connectivity index (χ0v) is 14.0. The summed E-state index contributed by atoms with van der Waals surface area (Å²) in [5.74, 6) is 0.944. The minimum atomic E-state index is 0.212. The Bertz CT molecular complexity index is 364. The lowest BCUT2D eigenvalue weighted by molar-refractivity contribution is 0.0606. The van der Waals surface area contributed by atoms with Gasteiger partial charge in [0.1, 0.15) is 5.75 Å². The van der Waals surface area contributed by atoms with Gasteiger partial charge in [-0.1, -0.05) is 39.3 Å². The quantitative estimate of drug-likeness (QED) is 0.658. The molecule has 0 aliphatic heterocycles. The normalized spacial score (nSPS) is 13.9. The average molecular weight is 293 g/mol. The molecule has 3 heteroatoms. The third-order valence-electron chi connectivity index (χ3n) is 3.57. The average Bonchev–Trinajstić information content (AvgIpc) is 2.53. The van der Waals surface area contributed by atoms with Crippen LogP contribution in [0.5, 0.6) is 5.75 Å². The van der Waals surface area contributed by atoms with Crippen molar-refractivity contribution in [3.05, 3.63) is 29.8 Å². The van der Waals surface area contributed by atoms with Gasteiger partial charge in [-0.2, -0.15) is 0 Å². The van der Waals surface area contributed by atoms with Crippen molar-refractivity contribution in [1.29, 1.82) is 0 Å². The van der Waals surface area contributed by atoms with E-state index in [1.54, 1.807) is 7.11 Å². The van der Waals surface area contributed by atoms with Gasteiger partial charge in [0, 0.05) is 7.11 Å². The van der Waals surface area contributed by atoms with Gasteiger partial charge in [-0.15, -0.1) is 0 Å². The zero-order valence-electron chi connectivity index (χ0n) is 14.0. The Hall–Kier alpha value is -1.06. The summed E-state index contributed by atoms with van der Waals surface area (Å²) in [6.07, 6.45) is 4.55. The number of nitrogens with one attached hydrogen (secondary N) is 1. The van der Waals surface area contributed by atoms with Gasteiger partial charge < -0.3 is 14.8 Å². The number of methoxy groups -OCH3 is 1. The SMILES string of the molecule is CCCNC(c1ccc(OCCC)cc1)C(CCC)OC. The molecule has 0 saturated carbocycles. The maximum absolute atomic E-state index is 5.71. The summed E-state index contributed by atoms with van der Waals surface area (Å²) >= 11 is 0. The standard InChI is InChI=1S/C18H31NO2/c1-5-8-17(20-4)18(19-13-6-2)15-9-11-16(12-10-15)21-14-7-3/h9-12,17-19H,5-8,13-14H2,1-4H3. The second kappa shape index (κ2) is 10.6. The van der Waals surface area contributed by atoms with E-state index in [9.17, 15) is 0 Å². The summed E-state index contributed by atoms with van der Waals surface area (Å²) in [4.78, 5) is 0. The molecule has 0 spiro atoms. The lowest BCUT2D eigenvalue weighted by Gasteiger charge is -2.27. The van der Waals surface area contributed by atoms with Crippen LogP contribution in [0.15, 0.2) is 24.3 Å². The van der Waals surface area contributed by atoms with Crippen molar-refractivity contribution in [2.24, 2.45) is 0 Å². The second-order valence-electron chi connectivity index (χ2n) is 5.41. The van der Waals surface area contributed by atoms with Crippen molar-refractivity contribution in [3.8, 4) is 5.75 Å². The van der Waals surface area contributed by atoms with Crippen LogP contribution in [0.1, 0.15) is 58.1 Å². The van der Waals surface area contributed by atoms with Gasteiger partial charge >= 0.3 is 0 Å². The van der Waals surface area contributed by atoms with Crippen LogP contribution >= 0.6 is 0 Å². The minimum absolute atomic E-state index is 0.212. The topological polar surface area (TPSA) is 30.5 Å². The molecule has 0 aliphatic carbocycles. The van der Waals surface area contributed by atoms with Gasteiger partial charge in [-0.05, 0) is 43.5 Å². The lowest BCUT2D eigenvalue weighted by atomic mass is 9.97. The van der Waals surface area contributed by atoms with E-state index in [2.05, 4.69) is 50.4 Å². The first-order valence-electron chi connectivity index (χ1n) is 8.25. The lowest BCUT2D eigenvalue weighted by Crippen LogP contribution is -2.33. The Morgan fingerprint density at radius 2 is 1.71 bits per heavy atom. The van der Waals surface area contributed by atoms with Crippen molar-refractivity contribution in [2.45, 2.75) is 58.6 Å². The molecule has 21 heavy (non-hydrogen) atoms. The number of hydrogen-bond acceptors (Lipinski definition) is 3. The minimum Gasteiger partial charge on any atom is -0.494 e. The molecule has 1 N–H and O–H groups in total. The molecule has 0 saturated heterocycles. The molecule has 2 unspecified atom stereocenters. The number of rotatable bonds is 11. The van der Waals surface area contributed by atoms with E-state index >= 15 is 0 Å². The largest absolute Gasteiger partial charge is 0.494 e. The highest BCUT2D eigenvalue weighted by atomic mass is 16.5. The van der Waals surface area contributed by atoms with Crippen LogP contribution in [0.3, 0.4) is 0 Å². The monoisotopic (exact) mass is 293 g/mol. The molecule has 0 bridgehead atoms. The molecule has 0 aliphatic rings. The number of benzene rings is 1. The van der Waals surface area contributed by atoms with E-state index in [1.807, 2.05) is 0 Å². The third-order valence-corrected chi connectivity index (χ3v) is 3.57. The van der Waals surface area contributed by atoms with Crippen LogP contribution < -0.4 is 10.1 Å². The van der Waals surface area contributed by atoms with Crippen LogP contribution in [-0.2, 0) is 4.74 Å². The summed E-state index contributed by atoms with van der Waals surface area (Å²) in [7, 11) is 1.81. The van der Waals surface area contributed by atoms with Crippen molar-refractivity contribution in [3.63, 3.8) is 0 Å². The molecule has 1 aromatic rings. The first-order chi connectivity index (χ1) is 10.3. The van der Waals surface area contributed by atoms with Crippen LogP contribution in [0.4, 0.5) is 0 Å². The zero-order chi connectivity index (χ0) is 15.5. The fraction of sp³-hybridized carbons (Fsp3) is 0.667. The van der Waals surface area contributed by atoms with Gasteiger partial charge in [0.2, 0.25) is 0 Å². The van der Waals surface area contributed by atoms with E-state index in [1.165, 1.54) is 5.56 Å². The van der Waals surface area contributed by atoms with E-state index in [4.69, 9.17) is 9.47 Å². The molecule has 1 aromatic carbocycles. The van der Waals surface area contributed by atoms with Crippen molar-refractivity contribution >= 4 is 0 Å². The highest BCUT2D eigenvalue weighted by Gasteiger charge is 2.21. The van der Waals surface area contributed by atoms with Crippen molar-refractivity contribution in [2.75, 3.05) is 20.3 Å². The molecule has 120 valence electrons. The van der Waals surface area contributed by atoms with Gasteiger partial charge in [-0.3, -0.25) is 0 Å². The molecule has 0 aromatic heterocycles. The van der Waals surface area contributed by atoms with Crippen LogP contribution in [0, 0.1) is 0 Å². The Labute approximate surface area is 130 Å². The predicted octanol–water partition coefficient (Wildman–Crippen LogP) is 4.33. The third kappa shape index (κ3) is 6.06. The molecular weight excluding hydrogens is 262 g/mol. The molecule has 0 heterocycles. The van der Waals surface area contributed by atoms with Gasteiger partial charge in [0.25, 0.3) is 0 Å². The molecule has 2 atom stereocenters. The molecule has 3 nitrogen and oxygen atoms in total. The maximum atomic E-state index is 5.71. The second-order valence-corrected chi connectivity index (χ2v) is 5.41. The molecule has 1 rings (SSSR count). The number of hydrogen-bond donors (Lipinski definition) is 1. The summed E-state index contributed by atoms with van der Waals surface area (Å²) < 4.78 is 11.4. The predicted molar refractivity (Wildman–Crippen MR) is 89.0 cm³/mol. The summed E-state index contributed by atoms with van der Waals surface area (Å²) in [5, 5.41) is 3.62. The summed E-state index contributed by atoms with van der Waals surface area (Å²) in [5.41, 5.74) is 1.27. The van der Waals surface area contributed by atoms with Crippen molar-refractivity contribution in [1.82, 2.24) is 5.32 Å². The van der Waals surface area contributed by atoms with E-state index < -0.39 is 0 Å². The summed E-state index contributed by atoms with van der Waals surface area (Å²) in [6, 6.07) is 8.67. The fourth-order valence-corrected chi connectivity index (χ4v) is 2.46. The Morgan fingerprint density at radius 3 is 2.24 bits per heavy atom. The highest BCUT2D eigenvalue weighted by Crippen LogP contribution is 2.24. The molecule has 0 amide bonds. The van der Waals surface area contributed by atoms with Gasteiger partial charge in [0.15, 0.2) is 0 Å². The smallest absolute Gasteiger partial charge is 0.119 e. The van der Waals surface area contributed by atoms with E-state index in [0.29, 0.717) is 0 Å². The summed E-state index contributed by atoms with van der Waals surface area (Å²) in [6.45, 7) is 8.28. The van der Waals surface area contributed by atoms with E-state index in [-0.39, 0.29) is 12.1 Å². The van der Waals surface area contributed by atoms with Gasteiger partial charge in [-0.25, -0.2) is 0 Å². The highest BCUT2D eigenvalue weighted by molar-refractivity contribution is 5.29. The fourth-order valence-electron chi connectivity index (χ4n) is 2.46. The van der Waals surface area contributed by atoms with E-state index in [0.717, 1.165) is 44.6 Å². The van der Waals surface area contributed by atoms with Crippen LogP contribution in [0.2, 0.25) is 0 Å². The molecule has 0 radical (unpaired) electrons. The molecule has 0 fully saturated rings. The maximum Gasteiger partial charge on any atom is 0.119 e. The molecular formula is C18H31NO2. The number of ether oxygens (including phenoxy) is 2. The van der Waals surface area contributed by atoms with Gasteiger partial charge in [0.05, 0.1) is 18.8 Å². The van der Waals surface area contributed by atoms with Crippen LogP contribution in [-0.4, -0.2) is 26.4 Å². The Kier molecular flexibility index (Phi) is 9.11. The Morgan fingerprint density at radius 1 is 1.00 bits per heavy atom. The van der Waals surface area contributed by atoms with Crippen molar-refractivity contribution < 1.29 is 9.47 Å². The first-order valence-corrected chi connectivity index (χ1v) is 8.25.